The maximum absolute atomic E-state index is 12.5. The van der Waals surface area contributed by atoms with Crippen molar-refractivity contribution in [2.75, 3.05) is 18.9 Å². The minimum atomic E-state index is -0.914. The molecule has 2 N–H and O–H groups in total. The van der Waals surface area contributed by atoms with E-state index in [0.29, 0.717) is 17.4 Å². The highest BCUT2D eigenvalue weighted by Crippen LogP contribution is 2.46. The van der Waals surface area contributed by atoms with Gasteiger partial charge in [-0.3, -0.25) is 9.59 Å². The summed E-state index contributed by atoms with van der Waals surface area (Å²) in [6.07, 6.45) is 2.54. The van der Waals surface area contributed by atoms with Gasteiger partial charge in [0, 0.05) is 36.3 Å². The monoisotopic (exact) mass is 450 g/mol. The fraction of sp³-hybridized carbons (Fsp3) is 0.481. The maximum atomic E-state index is 12.5. The Balaban J connectivity index is 1.44. The van der Waals surface area contributed by atoms with Gasteiger partial charge in [-0.15, -0.1) is 0 Å². The molecule has 176 valence electrons. The maximum Gasteiger partial charge on any atom is 0.305 e. The van der Waals surface area contributed by atoms with Crippen LogP contribution in [0, 0.1) is 5.92 Å². The zero-order valence-electron chi connectivity index (χ0n) is 19.9. The lowest BCUT2D eigenvalue weighted by Gasteiger charge is -2.31. The molecule has 0 bridgehead atoms. The number of carboxylic acid groups (broad SMARTS) is 1. The van der Waals surface area contributed by atoms with Gasteiger partial charge in [0.15, 0.2) is 0 Å². The minimum absolute atomic E-state index is 0.0258. The molecule has 0 spiro atoms. The standard InChI is InChI=1S/C27H34N2O4/c1-16(2)25(26-17(3)22-15-20(18-5-6-18)9-12-23(22)33-26)28-21-10-7-19(8-11-21)27(32)29(4)14-13-24(30)31/h7-12,15-18,25-26,28H,5-6,13-14H2,1-4H3,(H,30,31). The number of amides is 1. The summed E-state index contributed by atoms with van der Waals surface area (Å²) < 4.78 is 6.44. The van der Waals surface area contributed by atoms with Crippen LogP contribution in [-0.2, 0) is 4.79 Å². The third-order valence-corrected chi connectivity index (χ3v) is 6.87. The molecule has 1 heterocycles. The van der Waals surface area contributed by atoms with E-state index in [-0.39, 0.29) is 31.0 Å². The molecule has 2 aromatic rings. The largest absolute Gasteiger partial charge is 0.487 e. The average molecular weight is 451 g/mol. The van der Waals surface area contributed by atoms with Crippen molar-refractivity contribution in [1.29, 1.82) is 0 Å². The molecular weight excluding hydrogens is 416 g/mol. The molecular formula is C27H34N2O4. The highest BCUT2D eigenvalue weighted by atomic mass is 16.5. The van der Waals surface area contributed by atoms with Crippen LogP contribution in [0.25, 0.3) is 0 Å². The molecule has 4 rings (SSSR count). The molecule has 33 heavy (non-hydrogen) atoms. The van der Waals surface area contributed by atoms with Crippen LogP contribution in [0.1, 0.15) is 73.4 Å². The molecule has 0 aromatic heterocycles. The molecule has 1 fully saturated rings. The summed E-state index contributed by atoms with van der Waals surface area (Å²) in [6.45, 7) is 6.83. The van der Waals surface area contributed by atoms with Crippen molar-refractivity contribution < 1.29 is 19.4 Å². The Morgan fingerprint density at radius 3 is 2.45 bits per heavy atom. The number of nitrogens with zero attached hydrogens (tertiary/aromatic N) is 1. The number of carbonyl (C=O) groups is 2. The van der Waals surface area contributed by atoms with Gasteiger partial charge in [0.05, 0.1) is 12.5 Å². The first-order valence-electron chi connectivity index (χ1n) is 11.9. The smallest absolute Gasteiger partial charge is 0.305 e. The predicted octanol–water partition coefficient (Wildman–Crippen LogP) is 5.11. The number of rotatable bonds is 9. The second-order valence-electron chi connectivity index (χ2n) is 9.80. The molecule has 1 aliphatic heterocycles. The number of hydrogen-bond donors (Lipinski definition) is 2. The Bertz CT molecular complexity index is 1010. The number of ether oxygens (including phenoxy) is 1. The molecule has 3 atom stereocenters. The van der Waals surface area contributed by atoms with E-state index in [1.807, 2.05) is 12.1 Å². The first kappa shape index (κ1) is 23.1. The van der Waals surface area contributed by atoms with E-state index in [2.05, 4.69) is 44.3 Å². The average Bonchev–Trinajstić information content (AvgIpc) is 3.60. The first-order chi connectivity index (χ1) is 15.7. The topological polar surface area (TPSA) is 78.9 Å². The zero-order valence-corrected chi connectivity index (χ0v) is 19.9. The minimum Gasteiger partial charge on any atom is -0.487 e. The molecule has 0 radical (unpaired) electrons. The van der Waals surface area contributed by atoms with Crippen LogP contribution >= 0.6 is 0 Å². The number of anilines is 1. The molecule has 2 aliphatic rings. The van der Waals surface area contributed by atoms with Crippen molar-refractivity contribution in [3.8, 4) is 5.75 Å². The molecule has 1 amide bonds. The molecule has 2 aromatic carbocycles. The van der Waals surface area contributed by atoms with E-state index >= 15 is 0 Å². The molecule has 1 saturated carbocycles. The van der Waals surface area contributed by atoms with Crippen molar-refractivity contribution in [2.45, 2.75) is 64.0 Å². The van der Waals surface area contributed by atoms with Gasteiger partial charge in [-0.05, 0) is 60.6 Å². The molecule has 6 heteroatoms. The van der Waals surface area contributed by atoms with Crippen molar-refractivity contribution in [3.63, 3.8) is 0 Å². The van der Waals surface area contributed by atoms with Crippen molar-refractivity contribution in [1.82, 2.24) is 4.90 Å². The van der Waals surface area contributed by atoms with Gasteiger partial charge in [0.25, 0.3) is 5.91 Å². The van der Waals surface area contributed by atoms with Crippen molar-refractivity contribution in [3.05, 3.63) is 59.2 Å². The Morgan fingerprint density at radius 2 is 1.85 bits per heavy atom. The Kier molecular flexibility index (Phi) is 6.63. The normalized spacial score (nSPS) is 20.2. The van der Waals surface area contributed by atoms with E-state index in [4.69, 9.17) is 9.84 Å². The number of carboxylic acids is 1. The lowest BCUT2D eigenvalue weighted by atomic mass is 9.87. The molecule has 1 aliphatic carbocycles. The van der Waals surface area contributed by atoms with Gasteiger partial charge < -0.3 is 20.1 Å². The summed E-state index contributed by atoms with van der Waals surface area (Å²) in [5.41, 5.74) is 4.22. The highest BCUT2D eigenvalue weighted by Gasteiger charge is 2.39. The summed E-state index contributed by atoms with van der Waals surface area (Å²) in [4.78, 5) is 24.8. The van der Waals surface area contributed by atoms with Crippen molar-refractivity contribution in [2.24, 2.45) is 5.92 Å². The number of fused-ring (bicyclic) bond motifs is 1. The SMILES string of the molecule is CC(C)C(Nc1ccc(C(=O)N(C)CCC(=O)O)cc1)C1Oc2ccc(C3CC3)cc2C1C. The van der Waals surface area contributed by atoms with Crippen LogP contribution in [0.2, 0.25) is 0 Å². The van der Waals surface area contributed by atoms with Crippen LogP contribution in [0.15, 0.2) is 42.5 Å². The van der Waals surface area contributed by atoms with Gasteiger partial charge in [-0.25, -0.2) is 0 Å². The molecule has 3 unspecified atom stereocenters. The number of aliphatic carboxylic acids is 1. The van der Waals surface area contributed by atoms with Gasteiger partial charge in [-0.1, -0.05) is 32.9 Å². The summed E-state index contributed by atoms with van der Waals surface area (Å²) >= 11 is 0. The molecule has 6 nitrogen and oxygen atoms in total. The van der Waals surface area contributed by atoms with E-state index in [1.54, 1.807) is 19.2 Å². The van der Waals surface area contributed by atoms with E-state index in [0.717, 1.165) is 17.4 Å². The summed E-state index contributed by atoms with van der Waals surface area (Å²) in [6, 6.07) is 14.2. The Hall–Kier alpha value is -3.02. The second kappa shape index (κ2) is 9.46. The van der Waals surface area contributed by atoms with E-state index in [1.165, 1.54) is 28.9 Å². The highest BCUT2D eigenvalue weighted by molar-refractivity contribution is 5.94. The van der Waals surface area contributed by atoms with Crippen LogP contribution in [-0.4, -0.2) is 47.6 Å². The summed E-state index contributed by atoms with van der Waals surface area (Å²) in [7, 11) is 1.62. The van der Waals surface area contributed by atoms with Gasteiger partial charge >= 0.3 is 5.97 Å². The zero-order chi connectivity index (χ0) is 23.7. The lowest BCUT2D eigenvalue weighted by Crippen LogP contribution is -2.42. The first-order valence-corrected chi connectivity index (χ1v) is 11.9. The second-order valence-corrected chi connectivity index (χ2v) is 9.80. The van der Waals surface area contributed by atoms with Crippen LogP contribution < -0.4 is 10.1 Å². The van der Waals surface area contributed by atoms with Crippen LogP contribution in [0.4, 0.5) is 5.69 Å². The lowest BCUT2D eigenvalue weighted by molar-refractivity contribution is -0.137. The Labute approximate surface area is 195 Å². The summed E-state index contributed by atoms with van der Waals surface area (Å²) in [5, 5.41) is 12.5. The van der Waals surface area contributed by atoms with Gasteiger partial charge in [-0.2, -0.15) is 0 Å². The number of hydrogen-bond acceptors (Lipinski definition) is 4. The quantitative estimate of drug-likeness (QED) is 0.555. The van der Waals surface area contributed by atoms with Gasteiger partial charge in [0.2, 0.25) is 0 Å². The number of benzene rings is 2. The number of carbonyl (C=O) groups excluding carboxylic acids is 1. The fourth-order valence-electron chi connectivity index (χ4n) is 4.63. The van der Waals surface area contributed by atoms with E-state index < -0.39 is 5.97 Å². The third kappa shape index (κ3) is 5.15. The van der Waals surface area contributed by atoms with Crippen molar-refractivity contribution >= 4 is 17.6 Å². The van der Waals surface area contributed by atoms with E-state index in [9.17, 15) is 9.59 Å². The predicted molar refractivity (Wildman–Crippen MR) is 129 cm³/mol. The van der Waals surface area contributed by atoms with Crippen LogP contribution in [0.5, 0.6) is 5.75 Å². The van der Waals surface area contributed by atoms with Gasteiger partial charge in [0.1, 0.15) is 11.9 Å². The summed E-state index contributed by atoms with van der Waals surface area (Å²) in [5.74, 6) is 1.26. The Morgan fingerprint density at radius 1 is 1.15 bits per heavy atom. The fourth-order valence-corrected chi connectivity index (χ4v) is 4.63. The third-order valence-electron chi connectivity index (χ3n) is 6.87. The molecule has 0 saturated heterocycles. The van der Waals surface area contributed by atoms with Crippen LogP contribution in [0.3, 0.4) is 0 Å². The number of nitrogens with one attached hydrogen (secondary N) is 1.